The van der Waals surface area contributed by atoms with Crippen molar-refractivity contribution in [3.05, 3.63) is 108 Å². The zero-order chi connectivity index (χ0) is 26.9. The van der Waals surface area contributed by atoms with Gasteiger partial charge in [0, 0.05) is 31.6 Å². The van der Waals surface area contributed by atoms with Gasteiger partial charge >= 0.3 is 6.03 Å². The fourth-order valence-corrected chi connectivity index (χ4v) is 3.83. The van der Waals surface area contributed by atoms with Gasteiger partial charge in [0.2, 0.25) is 12.2 Å². The van der Waals surface area contributed by atoms with Crippen molar-refractivity contribution >= 4 is 23.3 Å². The third kappa shape index (κ3) is 7.50. The van der Waals surface area contributed by atoms with E-state index < -0.39 is 6.29 Å². The highest BCUT2D eigenvalue weighted by Crippen LogP contribution is 2.19. The Bertz CT molecular complexity index is 1260. The fraction of sp³-hybridized carbons (Fsp3) is 0.241. The molecule has 4 rings (SSSR count). The summed E-state index contributed by atoms with van der Waals surface area (Å²) in [5.41, 5.74) is 9.44. The molecule has 0 radical (unpaired) electrons. The molecule has 1 atom stereocenters. The predicted octanol–water partition coefficient (Wildman–Crippen LogP) is 4.01. The van der Waals surface area contributed by atoms with E-state index in [-0.39, 0.29) is 17.8 Å². The third-order valence-corrected chi connectivity index (χ3v) is 5.96. The van der Waals surface area contributed by atoms with Gasteiger partial charge in [0.15, 0.2) is 0 Å². The Hall–Kier alpha value is -4.50. The first-order valence-corrected chi connectivity index (χ1v) is 12.4. The number of rotatable bonds is 10. The van der Waals surface area contributed by atoms with Crippen molar-refractivity contribution in [1.29, 1.82) is 0 Å². The van der Waals surface area contributed by atoms with Crippen molar-refractivity contribution in [2.24, 2.45) is 0 Å². The van der Waals surface area contributed by atoms with Crippen LogP contribution in [-0.4, -0.2) is 55.2 Å². The summed E-state index contributed by atoms with van der Waals surface area (Å²) in [6.45, 7) is 1.53. The predicted molar refractivity (Wildman–Crippen MR) is 147 cm³/mol. The second kappa shape index (κ2) is 12.6. The molecule has 1 aliphatic rings. The lowest BCUT2D eigenvalue weighted by atomic mass is 10.1. The molecule has 0 aromatic heterocycles. The van der Waals surface area contributed by atoms with E-state index in [4.69, 9.17) is 15.2 Å². The number of nitrogen functional groups attached to an aromatic ring is 1. The highest BCUT2D eigenvalue weighted by atomic mass is 16.7. The van der Waals surface area contributed by atoms with E-state index in [9.17, 15) is 9.59 Å². The number of carbonyl (C=O) groups excluding carboxylic acids is 2. The van der Waals surface area contributed by atoms with Gasteiger partial charge in [-0.05, 0) is 49.5 Å². The topological polar surface area (TPSA) is 109 Å². The second-order valence-electron chi connectivity index (χ2n) is 9.25. The van der Waals surface area contributed by atoms with Crippen LogP contribution in [0, 0.1) is 0 Å². The molecule has 0 spiro atoms. The maximum absolute atomic E-state index is 13.1. The maximum Gasteiger partial charge on any atom is 0.324 e. The van der Waals surface area contributed by atoms with Crippen LogP contribution in [0.2, 0.25) is 0 Å². The van der Waals surface area contributed by atoms with Crippen LogP contribution >= 0.6 is 0 Å². The zero-order valence-corrected chi connectivity index (χ0v) is 21.6. The first-order chi connectivity index (χ1) is 18.4. The highest BCUT2D eigenvalue weighted by molar-refractivity contribution is 6.05. The number of anilines is 2. The van der Waals surface area contributed by atoms with Gasteiger partial charge in [-0.3, -0.25) is 10.1 Å². The number of nitrogens with two attached hydrogens (primary N) is 1. The smallest absolute Gasteiger partial charge is 0.324 e. The van der Waals surface area contributed by atoms with Crippen molar-refractivity contribution in [3.8, 4) is 0 Å². The van der Waals surface area contributed by atoms with E-state index in [0.717, 1.165) is 11.1 Å². The van der Waals surface area contributed by atoms with E-state index in [1.54, 1.807) is 29.2 Å². The molecular formula is C29H33N5O4. The van der Waals surface area contributed by atoms with Crippen LogP contribution in [0.5, 0.6) is 0 Å². The number of hydrogen-bond donors (Lipinski definition) is 3. The molecule has 0 bridgehead atoms. The first-order valence-electron chi connectivity index (χ1n) is 12.4. The third-order valence-electron chi connectivity index (χ3n) is 5.96. The monoisotopic (exact) mass is 515 g/mol. The number of carbonyl (C=O) groups is 2. The number of hydrogen-bond acceptors (Lipinski definition) is 6. The Labute approximate surface area is 222 Å². The molecule has 9 heteroatoms. The highest BCUT2D eigenvalue weighted by Gasteiger charge is 2.24. The van der Waals surface area contributed by atoms with Gasteiger partial charge in [0.25, 0.3) is 5.91 Å². The Morgan fingerprint density at radius 2 is 1.58 bits per heavy atom. The Morgan fingerprint density at radius 3 is 2.29 bits per heavy atom. The summed E-state index contributed by atoms with van der Waals surface area (Å²) in [4.78, 5) is 29.5. The minimum absolute atomic E-state index is 0.257. The summed E-state index contributed by atoms with van der Waals surface area (Å²) in [6, 6.07) is 23.8. The average molecular weight is 516 g/mol. The van der Waals surface area contributed by atoms with Crippen LogP contribution in [-0.2, 0) is 22.4 Å². The average Bonchev–Trinajstić information content (AvgIpc) is 3.35. The molecule has 4 N–H and O–H groups in total. The molecule has 1 unspecified atom stereocenters. The van der Waals surface area contributed by atoms with Crippen LogP contribution in [0.15, 0.2) is 91.0 Å². The van der Waals surface area contributed by atoms with Gasteiger partial charge in [-0.2, -0.15) is 0 Å². The number of nitrogens with one attached hydrogen (secondary N) is 2. The summed E-state index contributed by atoms with van der Waals surface area (Å²) < 4.78 is 11.4. The molecule has 0 aliphatic carbocycles. The first kappa shape index (κ1) is 26.6. The number of urea groups is 1. The molecule has 1 aliphatic heterocycles. The van der Waals surface area contributed by atoms with Crippen molar-refractivity contribution in [1.82, 2.24) is 15.1 Å². The molecule has 0 saturated carbocycles. The lowest BCUT2D eigenvalue weighted by molar-refractivity contribution is -0.0330. The van der Waals surface area contributed by atoms with E-state index in [0.29, 0.717) is 43.0 Å². The van der Waals surface area contributed by atoms with E-state index >= 15 is 0 Å². The second-order valence-corrected chi connectivity index (χ2v) is 9.25. The van der Waals surface area contributed by atoms with Gasteiger partial charge in [0.1, 0.15) is 6.26 Å². The Kier molecular flexibility index (Phi) is 8.84. The molecule has 0 saturated heterocycles. The molecule has 3 aromatic rings. The molecular weight excluding hydrogens is 482 g/mol. The fourth-order valence-electron chi connectivity index (χ4n) is 3.83. The largest absolute Gasteiger partial charge is 0.457 e. The Morgan fingerprint density at radius 1 is 0.868 bits per heavy atom. The Balaban J connectivity index is 1.35. The van der Waals surface area contributed by atoms with Crippen molar-refractivity contribution in [2.75, 3.05) is 38.2 Å². The van der Waals surface area contributed by atoms with Gasteiger partial charge < -0.3 is 30.3 Å². The number of amides is 3. The van der Waals surface area contributed by atoms with E-state index in [1.807, 2.05) is 73.6 Å². The lowest BCUT2D eigenvalue weighted by Crippen LogP contribution is -2.42. The van der Waals surface area contributed by atoms with E-state index in [2.05, 4.69) is 10.6 Å². The van der Waals surface area contributed by atoms with Crippen molar-refractivity contribution in [2.45, 2.75) is 19.3 Å². The van der Waals surface area contributed by atoms with E-state index in [1.165, 1.54) is 6.26 Å². The van der Waals surface area contributed by atoms with Crippen LogP contribution in [0.3, 0.4) is 0 Å². The van der Waals surface area contributed by atoms with Gasteiger partial charge in [-0.15, -0.1) is 0 Å². The summed E-state index contributed by atoms with van der Waals surface area (Å²) >= 11 is 0. The minimum Gasteiger partial charge on any atom is -0.457 e. The lowest BCUT2D eigenvalue weighted by Gasteiger charge is -2.25. The molecule has 198 valence electrons. The number of benzene rings is 3. The summed E-state index contributed by atoms with van der Waals surface area (Å²) in [7, 11) is 3.90. The van der Waals surface area contributed by atoms with Crippen LogP contribution in [0.4, 0.5) is 16.2 Å². The number of ether oxygens (including phenoxy) is 2. The SMILES string of the molecule is CN(C)CCN(Cc1ccc(C(=O)Nc2ccccc2N)cc1)C(=O)NC1=COC(Cc2ccccc2)O1. The number of nitrogens with zero attached hydrogens (tertiary/aromatic N) is 2. The quantitative estimate of drug-likeness (QED) is 0.352. The van der Waals surface area contributed by atoms with Crippen LogP contribution in [0.25, 0.3) is 0 Å². The van der Waals surface area contributed by atoms with Gasteiger partial charge in [-0.1, -0.05) is 54.6 Å². The normalized spacial score (nSPS) is 14.3. The van der Waals surface area contributed by atoms with Gasteiger partial charge in [0.05, 0.1) is 11.4 Å². The molecule has 1 heterocycles. The number of para-hydroxylation sites is 2. The summed E-state index contributed by atoms with van der Waals surface area (Å²) in [5.74, 6) is 0.0185. The maximum atomic E-state index is 13.1. The molecule has 0 fully saturated rings. The summed E-state index contributed by atoms with van der Waals surface area (Å²) in [5, 5.41) is 5.63. The van der Waals surface area contributed by atoms with Gasteiger partial charge in [-0.25, -0.2) is 4.79 Å². The zero-order valence-electron chi connectivity index (χ0n) is 21.6. The van der Waals surface area contributed by atoms with Crippen LogP contribution in [0.1, 0.15) is 21.5 Å². The standard InChI is InChI=1S/C29H33N5O4/c1-33(2)16-17-34(29(36)32-26-20-37-27(38-26)18-21-8-4-3-5-9-21)19-22-12-14-23(15-13-22)28(35)31-25-11-7-6-10-24(25)30/h3-15,20,27H,16-19,30H2,1-2H3,(H,31,35)(H,32,36). The van der Waals surface area contributed by atoms with Crippen LogP contribution < -0.4 is 16.4 Å². The van der Waals surface area contributed by atoms with Crippen molar-refractivity contribution in [3.63, 3.8) is 0 Å². The summed E-state index contributed by atoms with van der Waals surface area (Å²) in [6.07, 6.45) is 1.51. The van der Waals surface area contributed by atoms with Crippen molar-refractivity contribution < 1.29 is 19.1 Å². The molecule has 3 aromatic carbocycles. The molecule has 38 heavy (non-hydrogen) atoms. The number of likely N-dealkylation sites (N-methyl/N-ethyl adjacent to an activating group) is 1. The minimum atomic E-state index is -0.493. The molecule has 3 amide bonds. The molecule has 9 nitrogen and oxygen atoms in total.